The van der Waals surface area contributed by atoms with Crippen LogP contribution in [0.2, 0.25) is 0 Å². The van der Waals surface area contributed by atoms with Crippen LogP contribution in [0.3, 0.4) is 0 Å². The lowest BCUT2D eigenvalue weighted by Gasteiger charge is -2.42. The Balaban J connectivity index is 0.000000203. The van der Waals surface area contributed by atoms with Crippen molar-refractivity contribution >= 4 is 11.9 Å². The van der Waals surface area contributed by atoms with Crippen molar-refractivity contribution in [1.29, 1.82) is 0 Å². The van der Waals surface area contributed by atoms with E-state index >= 15 is 0 Å². The number of hydrogen-bond acceptors (Lipinski definition) is 17. The van der Waals surface area contributed by atoms with Gasteiger partial charge in [-0.15, -0.1) is 0 Å². The van der Waals surface area contributed by atoms with E-state index in [1.54, 1.807) is 18.2 Å². The minimum absolute atomic E-state index is 0.00957. The standard InChI is InChI=1S/C22H26O11.C16H16O6/c23-8-15-17(26)18(27)19(28)22(32-15)33-21-16-11(7-14(25)13(16)5-6-30-21)9-31-20(29)10-1-3-12(24)4-2-10;17-11-3-1-9(2-4-11)15(19)22-8-10-7-13(18)12-5-6-21-16(20)14(10)12/h1-7,13-19,21-28H,8-9H2;1-7,12-14,16-18,20H,8H2/t13-,14+,15+,16+,17+,18-,19+,21-,22?;12-,13+,14+,16+/m00/s1. The maximum Gasteiger partial charge on any atom is 0.338 e. The van der Waals surface area contributed by atoms with Gasteiger partial charge in [-0.25, -0.2) is 9.59 Å². The van der Waals surface area contributed by atoms with E-state index in [0.717, 1.165) is 0 Å². The summed E-state index contributed by atoms with van der Waals surface area (Å²) in [5.74, 6) is -2.86. The zero-order chi connectivity index (χ0) is 39.4. The van der Waals surface area contributed by atoms with Crippen LogP contribution in [0.4, 0.5) is 0 Å². The van der Waals surface area contributed by atoms with Crippen molar-refractivity contribution < 1.29 is 84.0 Å². The number of phenols is 2. The molecule has 2 aromatic carbocycles. The molecule has 5 aliphatic rings. The molecule has 1 unspecified atom stereocenters. The molecule has 0 bridgehead atoms. The molecule has 7 rings (SSSR count). The Labute approximate surface area is 313 Å². The molecular formula is C38H42O17. The number of aromatic hydroxyl groups is 2. The lowest BCUT2D eigenvalue weighted by Crippen LogP contribution is -2.60. The van der Waals surface area contributed by atoms with Gasteiger partial charge >= 0.3 is 11.9 Å². The van der Waals surface area contributed by atoms with Crippen LogP contribution in [0.25, 0.3) is 0 Å². The SMILES string of the molecule is O=C(OCC1=C[C@@H](O)[C@@H]2C=CO[C@@H](O)[C@H]12)c1ccc(O)cc1.O=C(OCC1=C[C@@H](O)[C@@H]2C=CO[C@@H](OC3O[C@H](CO)[C@@H](O)[C@H](O)[C@H]3O)[C@H]12)c1ccc(O)cc1. The van der Waals surface area contributed by atoms with Gasteiger partial charge in [-0.2, -0.15) is 0 Å². The number of phenolic OH excluding ortho intramolecular Hbond substituents is 2. The Hall–Kier alpha value is -4.82. The van der Waals surface area contributed by atoms with Crippen molar-refractivity contribution in [2.45, 2.75) is 55.5 Å². The number of aliphatic hydroxyl groups excluding tert-OH is 7. The monoisotopic (exact) mass is 770 g/mol. The smallest absolute Gasteiger partial charge is 0.338 e. The molecule has 9 N–H and O–H groups in total. The highest BCUT2D eigenvalue weighted by Gasteiger charge is 2.49. The van der Waals surface area contributed by atoms with E-state index in [1.165, 1.54) is 67.1 Å². The summed E-state index contributed by atoms with van der Waals surface area (Å²) >= 11 is 0. The molecule has 3 aliphatic heterocycles. The van der Waals surface area contributed by atoms with Crippen LogP contribution in [0.5, 0.6) is 11.5 Å². The highest BCUT2D eigenvalue weighted by molar-refractivity contribution is 5.90. The first-order valence-corrected chi connectivity index (χ1v) is 17.3. The summed E-state index contributed by atoms with van der Waals surface area (Å²) in [5.41, 5.74) is 1.69. The van der Waals surface area contributed by atoms with Gasteiger partial charge in [0.2, 0.25) is 12.6 Å². The average Bonchev–Trinajstić information content (AvgIpc) is 3.69. The Morgan fingerprint density at radius 2 is 1.11 bits per heavy atom. The first-order valence-electron chi connectivity index (χ1n) is 17.3. The summed E-state index contributed by atoms with van der Waals surface area (Å²) in [6.07, 6.45) is -2.02. The first kappa shape index (κ1) is 39.9. The van der Waals surface area contributed by atoms with E-state index < -0.39 is 91.8 Å². The Morgan fingerprint density at radius 3 is 1.64 bits per heavy atom. The molecule has 0 spiro atoms. The van der Waals surface area contributed by atoms with Gasteiger partial charge in [0, 0.05) is 11.8 Å². The summed E-state index contributed by atoms with van der Waals surface area (Å²) in [4.78, 5) is 24.3. The number of aliphatic hydroxyl groups is 7. The molecule has 17 nitrogen and oxygen atoms in total. The third-order valence-electron chi connectivity index (χ3n) is 9.94. The predicted octanol–water partition coefficient (Wildman–Crippen LogP) is -0.287. The normalized spacial score (nSPS) is 34.4. The number of ether oxygens (including phenoxy) is 6. The van der Waals surface area contributed by atoms with Gasteiger partial charge in [0.1, 0.15) is 49.1 Å². The fraction of sp³-hybridized carbons (Fsp3) is 0.421. The van der Waals surface area contributed by atoms with E-state index in [0.29, 0.717) is 16.7 Å². The van der Waals surface area contributed by atoms with Gasteiger partial charge in [-0.05, 0) is 71.8 Å². The Bertz CT molecular complexity index is 1770. The molecule has 3 heterocycles. The lowest BCUT2D eigenvalue weighted by atomic mass is 9.88. The van der Waals surface area contributed by atoms with Crippen LogP contribution in [-0.4, -0.2) is 133 Å². The molecule has 2 aliphatic carbocycles. The van der Waals surface area contributed by atoms with Crippen molar-refractivity contribution in [3.63, 3.8) is 0 Å². The minimum Gasteiger partial charge on any atom is -0.508 e. The maximum atomic E-state index is 12.3. The van der Waals surface area contributed by atoms with Gasteiger partial charge < -0.3 is 74.4 Å². The molecule has 17 heteroatoms. The van der Waals surface area contributed by atoms with Crippen molar-refractivity contribution in [3.05, 3.63) is 108 Å². The van der Waals surface area contributed by atoms with E-state index in [2.05, 4.69) is 0 Å². The number of rotatable bonds is 9. The molecule has 0 radical (unpaired) electrons. The quantitative estimate of drug-likeness (QED) is 0.117. The molecule has 0 aromatic heterocycles. The summed E-state index contributed by atoms with van der Waals surface area (Å²) < 4.78 is 32.3. The molecular weight excluding hydrogens is 728 g/mol. The second kappa shape index (κ2) is 17.3. The number of esters is 2. The molecule has 0 amide bonds. The van der Waals surface area contributed by atoms with Crippen LogP contribution >= 0.6 is 0 Å². The van der Waals surface area contributed by atoms with Crippen LogP contribution in [0.15, 0.2) is 96.5 Å². The van der Waals surface area contributed by atoms with Gasteiger partial charge in [0.05, 0.1) is 54.3 Å². The second-order valence-electron chi connectivity index (χ2n) is 13.4. The topological polar surface area (TPSA) is 272 Å². The van der Waals surface area contributed by atoms with Gasteiger partial charge in [0.15, 0.2) is 6.29 Å². The van der Waals surface area contributed by atoms with Gasteiger partial charge in [0.25, 0.3) is 0 Å². The predicted molar refractivity (Wildman–Crippen MR) is 184 cm³/mol. The summed E-state index contributed by atoms with van der Waals surface area (Å²) in [6, 6.07) is 11.2. The van der Waals surface area contributed by atoms with Crippen LogP contribution in [-0.2, 0) is 28.4 Å². The fourth-order valence-corrected chi connectivity index (χ4v) is 6.98. The zero-order valence-electron chi connectivity index (χ0n) is 29.0. The van der Waals surface area contributed by atoms with Crippen LogP contribution < -0.4 is 0 Å². The summed E-state index contributed by atoms with van der Waals surface area (Å²) in [7, 11) is 0. The van der Waals surface area contributed by atoms with Gasteiger partial charge in [-0.1, -0.05) is 12.2 Å². The molecule has 55 heavy (non-hydrogen) atoms. The molecule has 13 atom stereocenters. The minimum atomic E-state index is -1.62. The first-order chi connectivity index (χ1) is 26.4. The number of fused-ring (bicyclic) bond motifs is 2. The molecule has 2 aromatic rings. The Morgan fingerprint density at radius 1 is 0.618 bits per heavy atom. The molecule has 296 valence electrons. The highest BCUT2D eigenvalue weighted by Crippen LogP contribution is 2.42. The van der Waals surface area contributed by atoms with Gasteiger partial charge in [-0.3, -0.25) is 0 Å². The van der Waals surface area contributed by atoms with Crippen molar-refractivity contribution in [2.75, 3.05) is 19.8 Å². The summed E-state index contributed by atoms with van der Waals surface area (Å²) in [6.45, 7) is -0.824. The van der Waals surface area contributed by atoms with Crippen molar-refractivity contribution in [3.8, 4) is 11.5 Å². The third kappa shape index (κ3) is 8.86. The van der Waals surface area contributed by atoms with E-state index in [4.69, 9.17) is 28.4 Å². The zero-order valence-corrected chi connectivity index (χ0v) is 29.0. The van der Waals surface area contributed by atoms with E-state index in [9.17, 15) is 55.5 Å². The van der Waals surface area contributed by atoms with E-state index in [-0.39, 0.29) is 36.2 Å². The van der Waals surface area contributed by atoms with Crippen LogP contribution in [0, 0.1) is 23.7 Å². The van der Waals surface area contributed by atoms with Crippen molar-refractivity contribution in [1.82, 2.24) is 0 Å². The van der Waals surface area contributed by atoms with E-state index in [1.807, 2.05) is 0 Å². The second-order valence-corrected chi connectivity index (χ2v) is 13.4. The third-order valence-corrected chi connectivity index (χ3v) is 9.94. The molecule has 1 fully saturated rings. The average molecular weight is 771 g/mol. The number of carbonyl (C=O) groups excluding carboxylic acids is 2. The largest absolute Gasteiger partial charge is 0.508 e. The molecule has 1 saturated heterocycles. The molecule has 0 saturated carbocycles. The van der Waals surface area contributed by atoms with Crippen molar-refractivity contribution in [2.24, 2.45) is 23.7 Å². The number of benzene rings is 2. The maximum absolute atomic E-state index is 12.3. The fourth-order valence-electron chi connectivity index (χ4n) is 6.98. The van der Waals surface area contributed by atoms with Crippen LogP contribution in [0.1, 0.15) is 20.7 Å². The summed E-state index contributed by atoms with van der Waals surface area (Å²) in [5, 5.41) is 88.4. The number of carbonyl (C=O) groups is 2. The number of hydrogen-bond donors (Lipinski definition) is 9. The Kier molecular flexibility index (Phi) is 12.6. The highest BCUT2D eigenvalue weighted by atomic mass is 16.8. The lowest BCUT2D eigenvalue weighted by molar-refractivity contribution is -0.339.